The van der Waals surface area contributed by atoms with Crippen LogP contribution >= 0.6 is 0 Å². The van der Waals surface area contributed by atoms with E-state index in [0.29, 0.717) is 12.0 Å². The van der Waals surface area contributed by atoms with E-state index in [0.717, 1.165) is 19.4 Å². The van der Waals surface area contributed by atoms with Crippen LogP contribution in [0.2, 0.25) is 0 Å². The largest absolute Gasteiger partial charge is 0.389 e. The fourth-order valence-electron chi connectivity index (χ4n) is 2.69. The SMILES string of the molecule is CCCC(C)NCC1(O)CCCC(C)C1. The van der Waals surface area contributed by atoms with Crippen LogP contribution in [0.15, 0.2) is 0 Å². The number of nitrogens with one attached hydrogen (secondary N) is 1. The first-order chi connectivity index (χ1) is 7.06. The second-order valence-electron chi connectivity index (χ2n) is 5.50. The van der Waals surface area contributed by atoms with Crippen LogP contribution in [0.4, 0.5) is 0 Å². The zero-order valence-electron chi connectivity index (χ0n) is 10.6. The Labute approximate surface area is 94.5 Å². The molecule has 1 aliphatic rings. The van der Waals surface area contributed by atoms with E-state index >= 15 is 0 Å². The van der Waals surface area contributed by atoms with Gasteiger partial charge in [-0.3, -0.25) is 0 Å². The third kappa shape index (κ3) is 4.52. The molecule has 0 bridgehead atoms. The molecule has 0 radical (unpaired) electrons. The highest BCUT2D eigenvalue weighted by molar-refractivity contribution is 4.87. The Morgan fingerprint density at radius 1 is 1.53 bits per heavy atom. The van der Waals surface area contributed by atoms with E-state index in [1.54, 1.807) is 0 Å². The molecule has 1 rings (SSSR count). The van der Waals surface area contributed by atoms with E-state index < -0.39 is 5.60 Å². The molecule has 0 heterocycles. The number of rotatable bonds is 5. The van der Waals surface area contributed by atoms with Gasteiger partial charge in [-0.25, -0.2) is 0 Å². The third-order valence-corrected chi connectivity index (χ3v) is 3.57. The Morgan fingerprint density at radius 2 is 2.27 bits per heavy atom. The molecule has 1 fully saturated rings. The summed E-state index contributed by atoms with van der Waals surface area (Å²) in [5.41, 5.74) is -0.431. The van der Waals surface area contributed by atoms with Gasteiger partial charge in [0.05, 0.1) is 5.60 Å². The van der Waals surface area contributed by atoms with Crippen molar-refractivity contribution in [2.45, 2.75) is 70.9 Å². The molecule has 0 aromatic rings. The highest BCUT2D eigenvalue weighted by Crippen LogP contribution is 2.31. The van der Waals surface area contributed by atoms with Crippen LogP contribution in [0.5, 0.6) is 0 Å². The Hall–Kier alpha value is -0.0800. The van der Waals surface area contributed by atoms with Gasteiger partial charge in [0.25, 0.3) is 0 Å². The van der Waals surface area contributed by atoms with Gasteiger partial charge in [0, 0.05) is 12.6 Å². The summed E-state index contributed by atoms with van der Waals surface area (Å²) in [6.45, 7) is 7.44. The summed E-state index contributed by atoms with van der Waals surface area (Å²) in [6, 6.07) is 0.538. The van der Waals surface area contributed by atoms with Gasteiger partial charge in [-0.05, 0) is 32.1 Å². The van der Waals surface area contributed by atoms with Crippen molar-refractivity contribution in [1.29, 1.82) is 0 Å². The van der Waals surface area contributed by atoms with Crippen molar-refractivity contribution < 1.29 is 5.11 Å². The lowest BCUT2D eigenvalue weighted by Crippen LogP contribution is -2.46. The minimum atomic E-state index is -0.431. The minimum absolute atomic E-state index is 0.431. The molecule has 1 saturated carbocycles. The van der Waals surface area contributed by atoms with Crippen molar-refractivity contribution in [2.75, 3.05) is 6.54 Å². The van der Waals surface area contributed by atoms with Crippen molar-refractivity contribution in [3.05, 3.63) is 0 Å². The van der Waals surface area contributed by atoms with Crippen LogP contribution < -0.4 is 5.32 Å². The van der Waals surface area contributed by atoms with Crippen LogP contribution in [0.3, 0.4) is 0 Å². The van der Waals surface area contributed by atoms with Gasteiger partial charge in [-0.1, -0.05) is 33.1 Å². The summed E-state index contributed by atoms with van der Waals surface area (Å²) in [5.74, 6) is 0.687. The van der Waals surface area contributed by atoms with Crippen LogP contribution in [0.25, 0.3) is 0 Å². The summed E-state index contributed by atoms with van der Waals surface area (Å²) in [7, 11) is 0. The lowest BCUT2D eigenvalue weighted by molar-refractivity contribution is -0.0135. The summed E-state index contributed by atoms with van der Waals surface area (Å²) < 4.78 is 0. The standard InChI is InChI=1S/C13H27NO/c1-4-6-12(3)14-10-13(15)8-5-7-11(2)9-13/h11-12,14-15H,4-10H2,1-3H3. The molecule has 0 spiro atoms. The smallest absolute Gasteiger partial charge is 0.0774 e. The first-order valence-electron chi connectivity index (χ1n) is 6.51. The Morgan fingerprint density at radius 3 is 2.87 bits per heavy atom. The molecule has 0 saturated heterocycles. The molecule has 0 aromatic heterocycles. The van der Waals surface area contributed by atoms with Gasteiger partial charge in [0.2, 0.25) is 0 Å². The fourth-order valence-corrected chi connectivity index (χ4v) is 2.69. The van der Waals surface area contributed by atoms with Gasteiger partial charge in [0.15, 0.2) is 0 Å². The summed E-state index contributed by atoms with van der Waals surface area (Å²) in [4.78, 5) is 0. The predicted octanol–water partition coefficient (Wildman–Crippen LogP) is 2.71. The van der Waals surface area contributed by atoms with Gasteiger partial charge in [-0.15, -0.1) is 0 Å². The summed E-state index contributed by atoms with van der Waals surface area (Å²) in [6.07, 6.45) is 6.82. The molecular weight excluding hydrogens is 186 g/mol. The first kappa shape index (κ1) is 13.0. The van der Waals surface area contributed by atoms with Crippen molar-refractivity contribution in [1.82, 2.24) is 5.32 Å². The van der Waals surface area contributed by atoms with Crippen LogP contribution in [-0.2, 0) is 0 Å². The molecule has 0 aliphatic heterocycles. The minimum Gasteiger partial charge on any atom is -0.389 e. The highest BCUT2D eigenvalue weighted by atomic mass is 16.3. The third-order valence-electron chi connectivity index (χ3n) is 3.57. The van der Waals surface area contributed by atoms with E-state index in [1.807, 2.05) is 0 Å². The molecule has 3 unspecified atom stereocenters. The monoisotopic (exact) mass is 213 g/mol. The summed E-state index contributed by atoms with van der Waals surface area (Å²) >= 11 is 0. The van der Waals surface area contributed by atoms with Crippen molar-refractivity contribution in [3.63, 3.8) is 0 Å². The average molecular weight is 213 g/mol. The molecule has 1 aliphatic carbocycles. The molecule has 2 heteroatoms. The van der Waals surface area contributed by atoms with Gasteiger partial charge < -0.3 is 10.4 Å². The lowest BCUT2D eigenvalue weighted by Gasteiger charge is -2.36. The molecule has 15 heavy (non-hydrogen) atoms. The molecular formula is C13H27NO. The average Bonchev–Trinajstić information content (AvgIpc) is 2.15. The summed E-state index contributed by atoms with van der Waals surface area (Å²) in [5, 5.41) is 13.9. The number of hydrogen-bond acceptors (Lipinski definition) is 2. The molecule has 0 aromatic carbocycles. The zero-order valence-corrected chi connectivity index (χ0v) is 10.6. The Balaban J connectivity index is 2.29. The fraction of sp³-hybridized carbons (Fsp3) is 1.00. The topological polar surface area (TPSA) is 32.3 Å². The van der Waals surface area contributed by atoms with Crippen molar-refractivity contribution >= 4 is 0 Å². The normalized spacial score (nSPS) is 34.0. The first-order valence-corrected chi connectivity index (χ1v) is 6.51. The Kier molecular flexibility index (Phi) is 5.07. The maximum Gasteiger partial charge on any atom is 0.0774 e. The quantitative estimate of drug-likeness (QED) is 0.736. The van der Waals surface area contributed by atoms with Crippen LogP contribution in [0, 0.1) is 5.92 Å². The van der Waals surface area contributed by atoms with E-state index in [2.05, 4.69) is 26.1 Å². The maximum atomic E-state index is 10.4. The van der Waals surface area contributed by atoms with E-state index in [1.165, 1.54) is 25.7 Å². The second kappa shape index (κ2) is 5.86. The molecule has 2 nitrogen and oxygen atoms in total. The van der Waals surface area contributed by atoms with E-state index in [4.69, 9.17) is 0 Å². The van der Waals surface area contributed by atoms with Crippen LogP contribution in [-0.4, -0.2) is 23.3 Å². The predicted molar refractivity (Wildman–Crippen MR) is 65.0 cm³/mol. The zero-order chi connectivity index (χ0) is 11.3. The van der Waals surface area contributed by atoms with Crippen molar-refractivity contribution in [2.24, 2.45) is 5.92 Å². The maximum absolute atomic E-state index is 10.4. The van der Waals surface area contributed by atoms with Gasteiger partial charge >= 0.3 is 0 Å². The van der Waals surface area contributed by atoms with Crippen LogP contribution in [0.1, 0.15) is 59.3 Å². The highest BCUT2D eigenvalue weighted by Gasteiger charge is 2.32. The van der Waals surface area contributed by atoms with Gasteiger partial charge in [0.1, 0.15) is 0 Å². The van der Waals surface area contributed by atoms with E-state index in [-0.39, 0.29) is 0 Å². The molecule has 3 atom stereocenters. The number of hydrogen-bond donors (Lipinski definition) is 2. The molecule has 0 amide bonds. The molecule has 90 valence electrons. The second-order valence-corrected chi connectivity index (χ2v) is 5.50. The number of aliphatic hydroxyl groups is 1. The van der Waals surface area contributed by atoms with Gasteiger partial charge in [-0.2, -0.15) is 0 Å². The van der Waals surface area contributed by atoms with Crippen molar-refractivity contribution in [3.8, 4) is 0 Å². The molecule has 2 N–H and O–H groups in total. The Bertz CT molecular complexity index is 183. The van der Waals surface area contributed by atoms with E-state index in [9.17, 15) is 5.11 Å². The lowest BCUT2D eigenvalue weighted by atomic mass is 9.79.